The van der Waals surface area contributed by atoms with Gasteiger partial charge in [0.25, 0.3) is 0 Å². The van der Waals surface area contributed by atoms with Crippen LogP contribution >= 0.6 is 0 Å². The van der Waals surface area contributed by atoms with Crippen LogP contribution < -0.4 is 0 Å². The molecule has 1 saturated heterocycles. The van der Waals surface area contributed by atoms with Gasteiger partial charge in [-0.2, -0.15) is 0 Å². The Labute approximate surface area is 143 Å². The molecule has 1 aliphatic heterocycles. The summed E-state index contributed by atoms with van der Waals surface area (Å²) in [6.45, 7) is 2.05. The summed E-state index contributed by atoms with van der Waals surface area (Å²) in [6.07, 6.45) is 12.9. The number of halogens is 1. The highest BCUT2D eigenvalue weighted by Crippen LogP contribution is 2.34. The van der Waals surface area contributed by atoms with Crippen LogP contribution in [0, 0.1) is 5.82 Å². The van der Waals surface area contributed by atoms with Gasteiger partial charge in [0, 0.05) is 24.8 Å². The third kappa shape index (κ3) is 3.25. The maximum atomic E-state index is 13.3. The highest BCUT2D eigenvalue weighted by molar-refractivity contribution is 5.21. The molecule has 1 aromatic carbocycles. The van der Waals surface area contributed by atoms with Crippen molar-refractivity contribution < 1.29 is 4.39 Å². The van der Waals surface area contributed by atoms with E-state index in [0.717, 1.165) is 19.5 Å². The first kappa shape index (κ1) is 15.8. The molecule has 3 nitrogen and oxygen atoms in total. The van der Waals surface area contributed by atoms with Crippen LogP contribution in [0.2, 0.25) is 0 Å². The van der Waals surface area contributed by atoms with E-state index in [1.54, 1.807) is 12.1 Å². The van der Waals surface area contributed by atoms with Crippen molar-refractivity contribution in [2.75, 3.05) is 6.54 Å². The highest BCUT2D eigenvalue weighted by atomic mass is 19.1. The number of rotatable bonds is 4. The van der Waals surface area contributed by atoms with Crippen molar-refractivity contribution in [2.24, 2.45) is 0 Å². The second-order valence-electron chi connectivity index (χ2n) is 7.26. The Morgan fingerprint density at radius 3 is 2.54 bits per heavy atom. The number of imidazole rings is 1. The lowest BCUT2D eigenvalue weighted by Crippen LogP contribution is -2.33. The van der Waals surface area contributed by atoms with Crippen molar-refractivity contribution in [1.82, 2.24) is 14.5 Å². The average Bonchev–Trinajstić information content (AvgIpc) is 3.27. The fourth-order valence-corrected chi connectivity index (χ4v) is 4.42. The minimum atomic E-state index is -0.152. The van der Waals surface area contributed by atoms with Crippen molar-refractivity contribution in [1.29, 1.82) is 0 Å². The van der Waals surface area contributed by atoms with Crippen LogP contribution in [-0.4, -0.2) is 21.0 Å². The van der Waals surface area contributed by atoms with E-state index in [1.165, 1.54) is 49.8 Å². The summed E-state index contributed by atoms with van der Waals surface area (Å²) in [5.74, 6) is -0.152. The molecule has 24 heavy (non-hydrogen) atoms. The molecule has 4 heteroatoms. The van der Waals surface area contributed by atoms with Gasteiger partial charge in [-0.1, -0.05) is 31.4 Å². The van der Waals surface area contributed by atoms with Crippen LogP contribution in [0.25, 0.3) is 0 Å². The maximum absolute atomic E-state index is 13.3. The zero-order valence-electron chi connectivity index (χ0n) is 14.2. The molecule has 1 aliphatic carbocycles. The van der Waals surface area contributed by atoms with E-state index in [2.05, 4.69) is 14.5 Å². The van der Waals surface area contributed by atoms with Crippen LogP contribution in [0.5, 0.6) is 0 Å². The lowest BCUT2D eigenvalue weighted by Gasteiger charge is -2.36. The molecule has 1 aromatic heterocycles. The van der Waals surface area contributed by atoms with Crippen LogP contribution in [0.15, 0.2) is 36.8 Å². The van der Waals surface area contributed by atoms with Crippen molar-refractivity contribution in [2.45, 2.75) is 63.6 Å². The molecule has 1 atom stereocenters. The van der Waals surface area contributed by atoms with E-state index < -0.39 is 0 Å². The van der Waals surface area contributed by atoms with Gasteiger partial charge in [0.2, 0.25) is 0 Å². The molecule has 1 unspecified atom stereocenters. The second kappa shape index (κ2) is 7.06. The number of hydrogen-bond acceptors (Lipinski definition) is 2. The number of aromatic nitrogens is 2. The molecule has 0 amide bonds. The number of hydrogen-bond donors (Lipinski definition) is 0. The Hall–Kier alpha value is -1.68. The standard InChI is InChI=1S/C20H26FN3/c21-17-10-8-16(9-11-17)20-7-3-4-12-23(20)14-19-13-22-15-24(19)18-5-1-2-6-18/h8-11,13,15,18,20H,1-7,12,14H2. The van der Waals surface area contributed by atoms with Crippen LogP contribution in [0.3, 0.4) is 0 Å². The third-order valence-electron chi connectivity index (χ3n) is 5.70. The zero-order valence-corrected chi connectivity index (χ0v) is 14.2. The maximum Gasteiger partial charge on any atom is 0.123 e. The van der Waals surface area contributed by atoms with Gasteiger partial charge in [0.15, 0.2) is 0 Å². The van der Waals surface area contributed by atoms with E-state index in [1.807, 2.05) is 24.7 Å². The summed E-state index contributed by atoms with van der Waals surface area (Å²) < 4.78 is 15.7. The molecule has 4 rings (SSSR count). The van der Waals surface area contributed by atoms with Gasteiger partial charge in [-0.25, -0.2) is 9.37 Å². The minimum Gasteiger partial charge on any atom is -0.330 e. The SMILES string of the molecule is Fc1ccc(C2CCCCN2Cc2cncn2C2CCCC2)cc1. The molecule has 0 N–H and O–H groups in total. The largest absolute Gasteiger partial charge is 0.330 e. The van der Waals surface area contributed by atoms with Crippen LogP contribution in [-0.2, 0) is 6.54 Å². The molecule has 2 aromatic rings. The summed E-state index contributed by atoms with van der Waals surface area (Å²) in [5, 5.41) is 0. The molecule has 1 saturated carbocycles. The van der Waals surface area contributed by atoms with Gasteiger partial charge in [-0.3, -0.25) is 4.90 Å². The second-order valence-corrected chi connectivity index (χ2v) is 7.26. The Bertz CT molecular complexity index is 658. The van der Waals surface area contributed by atoms with E-state index in [9.17, 15) is 4.39 Å². The van der Waals surface area contributed by atoms with Gasteiger partial charge >= 0.3 is 0 Å². The molecule has 2 aliphatic rings. The van der Waals surface area contributed by atoms with Gasteiger partial charge in [-0.05, 0) is 49.9 Å². The summed E-state index contributed by atoms with van der Waals surface area (Å²) in [5.41, 5.74) is 2.57. The Morgan fingerprint density at radius 2 is 1.75 bits per heavy atom. The molecule has 2 heterocycles. The Balaban J connectivity index is 1.53. The van der Waals surface area contributed by atoms with Crippen molar-refractivity contribution in [3.63, 3.8) is 0 Å². The monoisotopic (exact) mass is 327 g/mol. The molecule has 0 bridgehead atoms. The van der Waals surface area contributed by atoms with Crippen LogP contribution in [0.1, 0.15) is 68.3 Å². The molecule has 128 valence electrons. The van der Waals surface area contributed by atoms with Crippen molar-refractivity contribution in [3.05, 3.63) is 53.9 Å². The predicted molar refractivity (Wildman–Crippen MR) is 93.1 cm³/mol. The molecule has 0 radical (unpaired) electrons. The van der Waals surface area contributed by atoms with Gasteiger partial charge in [0.1, 0.15) is 5.82 Å². The van der Waals surface area contributed by atoms with E-state index in [-0.39, 0.29) is 5.82 Å². The number of piperidine rings is 1. The molecular formula is C20H26FN3. The summed E-state index contributed by atoms with van der Waals surface area (Å²) in [7, 11) is 0. The number of likely N-dealkylation sites (tertiary alicyclic amines) is 1. The van der Waals surface area contributed by atoms with Crippen molar-refractivity contribution in [3.8, 4) is 0 Å². The molecular weight excluding hydrogens is 301 g/mol. The van der Waals surface area contributed by atoms with Crippen molar-refractivity contribution >= 4 is 0 Å². The lowest BCUT2D eigenvalue weighted by atomic mass is 9.95. The Kier molecular flexibility index (Phi) is 4.65. The quantitative estimate of drug-likeness (QED) is 0.799. The van der Waals surface area contributed by atoms with Gasteiger partial charge < -0.3 is 4.57 Å². The minimum absolute atomic E-state index is 0.152. The topological polar surface area (TPSA) is 21.1 Å². The van der Waals surface area contributed by atoms with E-state index >= 15 is 0 Å². The summed E-state index contributed by atoms with van der Waals surface area (Å²) in [4.78, 5) is 6.98. The first-order chi connectivity index (χ1) is 11.8. The highest BCUT2D eigenvalue weighted by Gasteiger charge is 2.26. The Morgan fingerprint density at radius 1 is 1.00 bits per heavy atom. The fraction of sp³-hybridized carbons (Fsp3) is 0.550. The predicted octanol–water partition coefficient (Wildman–Crippen LogP) is 4.86. The number of benzene rings is 1. The van der Waals surface area contributed by atoms with Gasteiger partial charge in [0.05, 0.1) is 12.0 Å². The lowest BCUT2D eigenvalue weighted by molar-refractivity contribution is 0.136. The molecule has 2 fully saturated rings. The normalized spacial score (nSPS) is 23.0. The number of nitrogens with zero attached hydrogens (tertiary/aromatic N) is 3. The zero-order chi connectivity index (χ0) is 16.4. The molecule has 0 spiro atoms. The fourth-order valence-electron chi connectivity index (χ4n) is 4.42. The average molecular weight is 327 g/mol. The first-order valence-electron chi connectivity index (χ1n) is 9.31. The third-order valence-corrected chi connectivity index (χ3v) is 5.70. The first-order valence-corrected chi connectivity index (χ1v) is 9.31. The van der Waals surface area contributed by atoms with E-state index in [4.69, 9.17) is 0 Å². The van der Waals surface area contributed by atoms with E-state index in [0.29, 0.717) is 12.1 Å². The summed E-state index contributed by atoms with van der Waals surface area (Å²) >= 11 is 0. The smallest absolute Gasteiger partial charge is 0.123 e. The van der Waals surface area contributed by atoms with Gasteiger partial charge in [-0.15, -0.1) is 0 Å². The van der Waals surface area contributed by atoms with Crippen LogP contribution in [0.4, 0.5) is 4.39 Å². The summed E-state index contributed by atoms with van der Waals surface area (Å²) in [6, 6.07) is 8.11.